The Kier molecular flexibility index (Phi) is 3.95. The Bertz CT molecular complexity index is 476. The summed E-state index contributed by atoms with van der Waals surface area (Å²) < 4.78 is 5.25. The number of nitrogens with zero attached hydrogens (tertiary/aromatic N) is 2. The van der Waals surface area contributed by atoms with Gasteiger partial charge in [0.05, 0.1) is 19.8 Å². The van der Waals surface area contributed by atoms with Gasteiger partial charge in [-0.3, -0.25) is 0 Å². The number of hydrogen-bond donors (Lipinski definition) is 1. The molecule has 1 aromatic carbocycles. The van der Waals surface area contributed by atoms with Gasteiger partial charge < -0.3 is 19.6 Å². The van der Waals surface area contributed by atoms with Crippen molar-refractivity contribution >= 4 is 6.03 Å². The van der Waals surface area contributed by atoms with E-state index in [0.717, 1.165) is 16.9 Å². The molecule has 0 aromatic heterocycles. The fourth-order valence-electron chi connectivity index (χ4n) is 2.51. The molecule has 2 rings (SSSR count). The molecule has 0 aliphatic carbocycles. The van der Waals surface area contributed by atoms with Crippen LogP contribution in [0.5, 0.6) is 5.75 Å². The summed E-state index contributed by atoms with van der Waals surface area (Å²) in [5, 5.41) is 8.97. The van der Waals surface area contributed by atoms with Crippen LogP contribution in [0, 0.1) is 6.92 Å². The molecule has 1 aliphatic heterocycles. The number of carbonyl (C=O) groups is 1. The van der Waals surface area contributed by atoms with Gasteiger partial charge >= 0.3 is 6.03 Å². The zero-order valence-electron chi connectivity index (χ0n) is 11.6. The van der Waals surface area contributed by atoms with Crippen molar-refractivity contribution in [1.82, 2.24) is 9.80 Å². The molecule has 1 atom stereocenters. The number of carbonyl (C=O) groups excluding carboxylic acids is 1. The summed E-state index contributed by atoms with van der Waals surface area (Å²) in [4.78, 5) is 15.4. The van der Waals surface area contributed by atoms with Crippen molar-refractivity contribution in [3.63, 3.8) is 0 Å². The van der Waals surface area contributed by atoms with Gasteiger partial charge in [-0.1, -0.05) is 12.1 Å². The van der Waals surface area contributed by atoms with Gasteiger partial charge in [-0.05, 0) is 24.1 Å². The highest BCUT2D eigenvalue weighted by atomic mass is 16.5. The van der Waals surface area contributed by atoms with Crippen LogP contribution in [0.15, 0.2) is 18.2 Å². The van der Waals surface area contributed by atoms with Crippen LogP contribution in [0.3, 0.4) is 0 Å². The number of benzene rings is 1. The minimum absolute atomic E-state index is 0.00601. The standard InChI is InChI=1S/C14H20N2O3/c1-10-8-11(4-5-13(10)19-3)12-9-16(6-7-17)14(18)15(12)2/h4-5,8,12,17H,6-7,9H2,1-3H3. The number of rotatable bonds is 4. The Labute approximate surface area is 113 Å². The SMILES string of the molecule is COc1ccc(C2CN(CCO)C(=O)N2C)cc1C. The number of β-amino-alcohol motifs (C(OH)–C–C–N with tert-alkyl or cyclic N) is 1. The Hall–Kier alpha value is -1.75. The molecule has 1 aliphatic rings. The van der Waals surface area contributed by atoms with Crippen molar-refractivity contribution < 1.29 is 14.6 Å². The molecular weight excluding hydrogens is 244 g/mol. The van der Waals surface area contributed by atoms with E-state index >= 15 is 0 Å². The average molecular weight is 264 g/mol. The summed E-state index contributed by atoms with van der Waals surface area (Å²) >= 11 is 0. The molecule has 1 saturated heterocycles. The van der Waals surface area contributed by atoms with E-state index in [0.29, 0.717) is 13.1 Å². The minimum Gasteiger partial charge on any atom is -0.496 e. The Morgan fingerprint density at radius 3 is 2.79 bits per heavy atom. The van der Waals surface area contributed by atoms with Crippen LogP contribution in [-0.2, 0) is 0 Å². The molecule has 1 heterocycles. The van der Waals surface area contributed by atoms with E-state index in [1.54, 1.807) is 24.0 Å². The summed E-state index contributed by atoms with van der Waals surface area (Å²) in [5.41, 5.74) is 2.15. The van der Waals surface area contributed by atoms with Crippen molar-refractivity contribution in [1.29, 1.82) is 0 Å². The molecule has 1 unspecified atom stereocenters. The summed E-state index contributed by atoms with van der Waals surface area (Å²) in [6, 6.07) is 5.96. The Morgan fingerprint density at radius 1 is 1.47 bits per heavy atom. The van der Waals surface area contributed by atoms with Gasteiger partial charge in [0.1, 0.15) is 5.75 Å². The third kappa shape index (κ3) is 2.51. The fourth-order valence-corrected chi connectivity index (χ4v) is 2.51. The van der Waals surface area contributed by atoms with Crippen LogP contribution in [0.25, 0.3) is 0 Å². The highest BCUT2D eigenvalue weighted by molar-refractivity contribution is 5.77. The number of aryl methyl sites for hydroxylation is 1. The van der Waals surface area contributed by atoms with Crippen molar-refractivity contribution in [2.75, 3.05) is 33.9 Å². The number of urea groups is 1. The molecule has 19 heavy (non-hydrogen) atoms. The number of hydrogen-bond acceptors (Lipinski definition) is 3. The summed E-state index contributed by atoms with van der Waals surface area (Å²) in [5.74, 6) is 0.850. The van der Waals surface area contributed by atoms with Crippen LogP contribution in [-0.4, -0.2) is 54.8 Å². The highest BCUT2D eigenvalue weighted by Gasteiger charge is 2.35. The number of likely N-dealkylation sites (N-methyl/N-ethyl adjacent to an activating group) is 1. The fraction of sp³-hybridized carbons (Fsp3) is 0.500. The normalized spacial score (nSPS) is 19.2. The maximum absolute atomic E-state index is 12.0. The van der Waals surface area contributed by atoms with Crippen molar-refractivity contribution in [3.05, 3.63) is 29.3 Å². The van der Waals surface area contributed by atoms with Gasteiger partial charge in [0.2, 0.25) is 0 Å². The van der Waals surface area contributed by atoms with Crippen LogP contribution in [0.2, 0.25) is 0 Å². The van der Waals surface area contributed by atoms with Crippen LogP contribution in [0.4, 0.5) is 4.79 Å². The monoisotopic (exact) mass is 264 g/mol. The smallest absolute Gasteiger partial charge is 0.320 e. The van der Waals surface area contributed by atoms with Crippen LogP contribution >= 0.6 is 0 Å². The van der Waals surface area contributed by atoms with Gasteiger partial charge in [0.25, 0.3) is 0 Å². The van der Waals surface area contributed by atoms with Crippen molar-refractivity contribution in [2.24, 2.45) is 0 Å². The van der Waals surface area contributed by atoms with Gasteiger partial charge in [-0.25, -0.2) is 4.79 Å². The lowest BCUT2D eigenvalue weighted by Gasteiger charge is -2.19. The predicted octanol–water partition coefficient (Wildman–Crippen LogP) is 1.40. The van der Waals surface area contributed by atoms with Gasteiger partial charge in [-0.2, -0.15) is 0 Å². The molecule has 5 nitrogen and oxygen atoms in total. The topological polar surface area (TPSA) is 53.0 Å². The summed E-state index contributed by atoms with van der Waals surface area (Å²) in [6.07, 6.45) is 0. The van der Waals surface area contributed by atoms with E-state index in [1.165, 1.54) is 0 Å². The van der Waals surface area contributed by atoms with Gasteiger partial charge in [-0.15, -0.1) is 0 Å². The molecule has 104 valence electrons. The van der Waals surface area contributed by atoms with Crippen LogP contribution < -0.4 is 4.74 Å². The third-order valence-corrected chi connectivity index (χ3v) is 3.61. The highest BCUT2D eigenvalue weighted by Crippen LogP contribution is 2.30. The molecule has 1 fully saturated rings. The molecule has 1 aromatic rings. The first-order valence-electron chi connectivity index (χ1n) is 6.35. The number of amides is 2. The first kappa shape index (κ1) is 13.7. The molecule has 0 saturated carbocycles. The van der Waals surface area contributed by atoms with E-state index in [9.17, 15) is 4.79 Å². The molecular formula is C14H20N2O3. The molecule has 0 bridgehead atoms. The maximum atomic E-state index is 12.0. The van der Waals surface area contributed by atoms with E-state index in [2.05, 4.69) is 6.07 Å². The van der Waals surface area contributed by atoms with Crippen LogP contribution in [0.1, 0.15) is 17.2 Å². The quantitative estimate of drug-likeness (QED) is 0.894. The first-order valence-corrected chi connectivity index (χ1v) is 6.35. The summed E-state index contributed by atoms with van der Waals surface area (Å²) in [6.45, 7) is 2.98. The van der Waals surface area contributed by atoms with Gasteiger partial charge in [0, 0.05) is 20.1 Å². The zero-order chi connectivity index (χ0) is 14.0. The maximum Gasteiger partial charge on any atom is 0.320 e. The number of ether oxygens (including phenoxy) is 1. The van der Waals surface area contributed by atoms with E-state index in [-0.39, 0.29) is 18.7 Å². The third-order valence-electron chi connectivity index (χ3n) is 3.61. The second-order valence-corrected chi connectivity index (χ2v) is 4.81. The Morgan fingerprint density at radius 2 is 2.21 bits per heavy atom. The lowest BCUT2D eigenvalue weighted by Crippen LogP contribution is -2.31. The molecule has 0 spiro atoms. The van der Waals surface area contributed by atoms with Crippen molar-refractivity contribution in [3.8, 4) is 5.75 Å². The molecule has 2 amide bonds. The number of methoxy groups -OCH3 is 1. The lowest BCUT2D eigenvalue weighted by molar-refractivity contribution is 0.182. The van der Waals surface area contributed by atoms with E-state index in [4.69, 9.17) is 9.84 Å². The summed E-state index contributed by atoms with van der Waals surface area (Å²) in [7, 11) is 3.44. The second kappa shape index (κ2) is 5.48. The van der Waals surface area contributed by atoms with Crippen molar-refractivity contribution in [2.45, 2.75) is 13.0 Å². The lowest BCUT2D eigenvalue weighted by atomic mass is 10.0. The zero-order valence-corrected chi connectivity index (χ0v) is 11.6. The predicted molar refractivity (Wildman–Crippen MR) is 72.3 cm³/mol. The minimum atomic E-state index is -0.0347. The average Bonchev–Trinajstić information content (AvgIpc) is 2.67. The van der Waals surface area contributed by atoms with E-state index in [1.807, 2.05) is 19.1 Å². The molecule has 1 N–H and O–H groups in total. The Balaban J connectivity index is 2.22. The number of aliphatic hydroxyl groups excluding tert-OH is 1. The number of aliphatic hydroxyl groups is 1. The largest absolute Gasteiger partial charge is 0.496 e. The van der Waals surface area contributed by atoms with Gasteiger partial charge in [0.15, 0.2) is 0 Å². The first-order chi connectivity index (χ1) is 9.08. The van der Waals surface area contributed by atoms with E-state index < -0.39 is 0 Å². The molecule has 5 heteroatoms. The second-order valence-electron chi connectivity index (χ2n) is 4.81. The molecule has 0 radical (unpaired) electrons.